The van der Waals surface area contributed by atoms with Crippen molar-refractivity contribution in [3.05, 3.63) is 77.8 Å². The number of carboxylic acid groups (broad SMARTS) is 1. The summed E-state index contributed by atoms with van der Waals surface area (Å²) < 4.78 is 16.8. The maximum Gasteiger partial charge on any atom is 0.339 e. The highest BCUT2D eigenvalue weighted by Gasteiger charge is 2.20. The first kappa shape index (κ1) is 19.9. The van der Waals surface area contributed by atoms with Gasteiger partial charge >= 0.3 is 5.97 Å². The molecular formula is C22H20N2O5. The average molecular weight is 392 g/mol. The van der Waals surface area contributed by atoms with Gasteiger partial charge in [0.25, 0.3) is 0 Å². The summed E-state index contributed by atoms with van der Waals surface area (Å²) in [4.78, 5) is 20.0. The van der Waals surface area contributed by atoms with Crippen LogP contribution in [0.2, 0.25) is 0 Å². The van der Waals surface area contributed by atoms with Crippen LogP contribution in [0, 0.1) is 6.92 Å². The number of hydrogen-bond acceptors (Lipinski definition) is 6. The number of carboxylic acids is 1. The standard InChI is InChI=1S/C22H20N2O5/c1-14-8-4-6-10-17(14)28-19-12-20(24-13-23-19)29-18-11-7-5-9-16(18)21(22(25)26)15(2)27-3/h4-13H,1-3H3,(H,25,26). The van der Waals surface area contributed by atoms with Crippen LogP contribution in [0.15, 0.2) is 66.7 Å². The lowest BCUT2D eigenvalue weighted by Crippen LogP contribution is -2.05. The quantitative estimate of drug-likeness (QED) is 0.455. The van der Waals surface area contributed by atoms with Crippen molar-refractivity contribution < 1.29 is 24.1 Å². The van der Waals surface area contributed by atoms with Crippen molar-refractivity contribution in [1.82, 2.24) is 9.97 Å². The summed E-state index contributed by atoms with van der Waals surface area (Å²) in [7, 11) is 1.42. The topological polar surface area (TPSA) is 90.8 Å². The lowest BCUT2D eigenvalue weighted by atomic mass is 10.0. The van der Waals surface area contributed by atoms with Gasteiger partial charge in [0.1, 0.15) is 29.2 Å². The van der Waals surface area contributed by atoms with E-state index < -0.39 is 5.97 Å². The molecule has 0 aliphatic carbocycles. The smallest absolute Gasteiger partial charge is 0.339 e. The minimum Gasteiger partial charge on any atom is -0.500 e. The molecule has 0 aliphatic rings. The highest BCUT2D eigenvalue weighted by atomic mass is 16.5. The normalized spacial score (nSPS) is 11.4. The Kier molecular flexibility index (Phi) is 6.09. The van der Waals surface area contributed by atoms with Crippen LogP contribution in [0.3, 0.4) is 0 Å². The molecule has 148 valence electrons. The first-order valence-electron chi connectivity index (χ1n) is 8.80. The van der Waals surface area contributed by atoms with Gasteiger partial charge in [-0.3, -0.25) is 0 Å². The van der Waals surface area contributed by atoms with Crippen LogP contribution in [-0.4, -0.2) is 28.2 Å². The number of ether oxygens (including phenoxy) is 3. The van der Waals surface area contributed by atoms with E-state index in [0.717, 1.165) is 5.56 Å². The Bertz CT molecular complexity index is 1060. The number of nitrogens with zero attached hydrogens (tertiary/aromatic N) is 2. The number of aliphatic carboxylic acids is 1. The molecule has 1 heterocycles. The third-order valence-corrected chi connectivity index (χ3v) is 4.17. The molecule has 1 N–H and O–H groups in total. The molecule has 1 aromatic heterocycles. The molecule has 0 aliphatic heterocycles. The number of allylic oxidation sites excluding steroid dienone is 1. The van der Waals surface area contributed by atoms with Crippen molar-refractivity contribution in [2.24, 2.45) is 0 Å². The summed E-state index contributed by atoms with van der Waals surface area (Å²) in [5, 5.41) is 9.61. The highest BCUT2D eigenvalue weighted by molar-refractivity contribution is 6.16. The molecule has 29 heavy (non-hydrogen) atoms. The summed E-state index contributed by atoms with van der Waals surface area (Å²) in [6.07, 6.45) is 1.32. The van der Waals surface area contributed by atoms with E-state index in [9.17, 15) is 9.90 Å². The first-order chi connectivity index (χ1) is 14.0. The van der Waals surface area contributed by atoms with Crippen molar-refractivity contribution in [2.45, 2.75) is 13.8 Å². The van der Waals surface area contributed by atoms with Crippen molar-refractivity contribution in [3.8, 4) is 23.3 Å². The Morgan fingerprint density at radius 2 is 1.52 bits per heavy atom. The van der Waals surface area contributed by atoms with Crippen LogP contribution >= 0.6 is 0 Å². The molecule has 0 unspecified atom stereocenters. The predicted octanol–water partition coefficient (Wildman–Crippen LogP) is 4.83. The van der Waals surface area contributed by atoms with Gasteiger partial charge in [0.2, 0.25) is 11.8 Å². The van der Waals surface area contributed by atoms with E-state index in [0.29, 0.717) is 22.9 Å². The summed E-state index contributed by atoms with van der Waals surface area (Å²) in [5.41, 5.74) is 1.35. The number of para-hydroxylation sites is 2. The second-order valence-corrected chi connectivity index (χ2v) is 6.10. The SMILES string of the molecule is COC(C)=C(C(=O)O)c1ccccc1Oc1cc(Oc2ccccc2C)ncn1. The van der Waals surface area contributed by atoms with Crippen molar-refractivity contribution in [3.63, 3.8) is 0 Å². The Labute approximate surface area is 168 Å². The second-order valence-electron chi connectivity index (χ2n) is 6.10. The van der Waals surface area contributed by atoms with Crippen molar-refractivity contribution in [2.75, 3.05) is 7.11 Å². The maximum atomic E-state index is 11.8. The Balaban J connectivity index is 1.92. The fourth-order valence-electron chi connectivity index (χ4n) is 2.65. The van der Waals surface area contributed by atoms with Crippen molar-refractivity contribution in [1.29, 1.82) is 0 Å². The van der Waals surface area contributed by atoms with E-state index >= 15 is 0 Å². The zero-order chi connectivity index (χ0) is 20.8. The third kappa shape index (κ3) is 4.70. The van der Waals surface area contributed by atoms with Gasteiger partial charge in [-0.25, -0.2) is 14.8 Å². The fourth-order valence-corrected chi connectivity index (χ4v) is 2.65. The summed E-state index contributed by atoms with van der Waals surface area (Å²) >= 11 is 0. The molecular weight excluding hydrogens is 372 g/mol. The number of rotatable bonds is 7. The van der Waals surface area contributed by atoms with E-state index in [4.69, 9.17) is 14.2 Å². The van der Waals surface area contributed by atoms with E-state index in [-0.39, 0.29) is 17.2 Å². The van der Waals surface area contributed by atoms with Gasteiger partial charge in [0.05, 0.1) is 13.2 Å². The van der Waals surface area contributed by atoms with Gasteiger partial charge in [-0.1, -0.05) is 36.4 Å². The van der Waals surface area contributed by atoms with Crippen LogP contribution < -0.4 is 9.47 Å². The van der Waals surface area contributed by atoms with Gasteiger partial charge in [-0.05, 0) is 31.5 Å². The number of methoxy groups -OCH3 is 1. The summed E-state index contributed by atoms with van der Waals surface area (Å²) in [6.45, 7) is 3.52. The maximum absolute atomic E-state index is 11.8. The molecule has 0 amide bonds. The lowest BCUT2D eigenvalue weighted by molar-refractivity contribution is -0.130. The largest absolute Gasteiger partial charge is 0.500 e. The van der Waals surface area contributed by atoms with E-state index in [2.05, 4.69) is 9.97 Å². The minimum atomic E-state index is -1.12. The molecule has 0 saturated carbocycles. The van der Waals surface area contributed by atoms with Gasteiger partial charge in [0.15, 0.2) is 0 Å². The number of carbonyl (C=O) groups is 1. The van der Waals surface area contributed by atoms with E-state index in [1.165, 1.54) is 19.5 Å². The van der Waals surface area contributed by atoms with Gasteiger partial charge in [0, 0.05) is 5.56 Å². The highest BCUT2D eigenvalue weighted by Crippen LogP contribution is 2.33. The molecule has 3 rings (SSSR count). The predicted molar refractivity (Wildman–Crippen MR) is 107 cm³/mol. The molecule has 0 radical (unpaired) electrons. The Morgan fingerprint density at radius 1 is 0.931 bits per heavy atom. The summed E-state index contributed by atoms with van der Waals surface area (Å²) in [6, 6.07) is 15.9. The molecule has 3 aromatic rings. The zero-order valence-corrected chi connectivity index (χ0v) is 16.2. The molecule has 7 heteroatoms. The van der Waals surface area contributed by atoms with Gasteiger partial charge in [-0.15, -0.1) is 0 Å². The monoisotopic (exact) mass is 392 g/mol. The minimum absolute atomic E-state index is 0.00791. The van der Waals surface area contributed by atoms with E-state index in [1.54, 1.807) is 31.2 Å². The number of aryl methyl sites for hydroxylation is 1. The van der Waals surface area contributed by atoms with E-state index in [1.807, 2.05) is 31.2 Å². The molecule has 0 bridgehead atoms. The van der Waals surface area contributed by atoms with Gasteiger partial charge in [-0.2, -0.15) is 0 Å². The lowest BCUT2D eigenvalue weighted by Gasteiger charge is -2.13. The van der Waals surface area contributed by atoms with Crippen LogP contribution in [-0.2, 0) is 9.53 Å². The Hall–Kier alpha value is -3.87. The first-order valence-corrected chi connectivity index (χ1v) is 8.80. The van der Waals surface area contributed by atoms with Gasteiger partial charge < -0.3 is 19.3 Å². The molecule has 0 fully saturated rings. The number of aromatic nitrogens is 2. The summed E-state index contributed by atoms with van der Waals surface area (Å²) in [5.74, 6) is 0.664. The molecule has 0 atom stereocenters. The molecule has 0 spiro atoms. The molecule has 7 nitrogen and oxygen atoms in total. The van der Waals surface area contributed by atoms with Crippen molar-refractivity contribution >= 4 is 11.5 Å². The van der Waals surface area contributed by atoms with Crippen LogP contribution in [0.1, 0.15) is 18.1 Å². The number of benzene rings is 2. The fraction of sp³-hybridized carbons (Fsp3) is 0.136. The zero-order valence-electron chi connectivity index (χ0n) is 16.2. The van der Waals surface area contributed by atoms with Crippen LogP contribution in [0.25, 0.3) is 5.57 Å². The second kappa shape index (κ2) is 8.88. The average Bonchev–Trinajstić information content (AvgIpc) is 2.71. The number of hydrogen-bond donors (Lipinski definition) is 1. The molecule has 2 aromatic carbocycles. The van der Waals surface area contributed by atoms with Crippen LogP contribution in [0.5, 0.6) is 23.3 Å². The Morgan fingerprint density at radius 3 is 2.14 bits per heavy atom. The third-order valence-electron chi connectivity index (χ3n) is 4.17. The molecule has 0 saturated heterocycles. The van der Waals surface area contributed by atoms with Crippen LogP contribution in [0.4, 0.5) is 0 Å².